The van der Waals surface area contributed by atoms with Crippen molar-refractivity contribution in [3.8, 4) is 0 Å². The van der Waals surface area contributed by atoms with Gasteiger partial charge in [-0.05, 0) is 43.5 Å². The maximum Gasteiger partial charge on any atom is 0.309 e. The summed E-state index contributed by atoms with van der Waals surface area (Å²) in [5.41, 5.74) is 0.281. The van der Waals surface area contributed by atoms with E-state index >= 15 is 0 Å². The van der Waals surface area contributed by atoms with Gasteiger partial charge in [-0.25, -0.2) is 12.8 Å². The van der Waals surface area contributed by atoms with Gasteiger partial charge in [0.05, 0.1) is 18.0 Å². The van der Waals surface area contributed by atoms with Crippen LogP contribution in [0.3, 0.4) is 0 Å². The van der Waals surface area contributed by atoms with Gasteiger partial charge >= 0.3 is 11.8 Å². The number of sulfonamides is 1. The van der Waals surface area contributed by atoms with Crippen LogP contribution in [0, 0.1) is 12.7 Å². The maximum atomic E-state index is 13.3. The largest absolute Gasteiger partial charge is 0.360 e. The molecule has 2 rings (SSSR count). The average molecular weight is 415 g/mol. The summed E-state index contributed by atoms with van der Waals surface area (Å²) in [6.45, 7) is 4.23. The summed E-state index contributed by atoms with van der Waals surface area (Å²) >= 11 is 0. The van der Waals surface area contributed by atoms with Gasteiger partial charge in [0.1, 0.15) is 12.0 Å². The second kappa shape index (κ2) is 9.94. The van der Waals surface area contributed by atoms with Gasteiger partial charge in [0.15, 0.2) is 0 Å². The number of amides is 2. The molecule has 1 aliphatic heterocycles. The van der Waals surface area contributed by atoms with Crippen molar-refractivity contribution in [1.29, 1.82) is 0 Å². The van der Waals surface area contributed by atoms with E-state index in [4.69, 9.17) is 4.74 Å². The molecule has 1 saturated heterocycles. The number of nitrogens with one attached hydrogen (secondary N) is 2. The second-order valence-corrected chi connectivity index (χ2v) is 8.38. The number of halogens is 1. The fourth-order valence-electron chi connectivity index (χ4n) is 2.85. The smallest absolute Gasteiger partial charge is 0.309 e. The summed E-state index contributed by atoms with van der Waals surface area (Å²) in [5.74, 6) is -2.14. The van der Waals surface area contributed by atoms with Crippen molar-refractivity contribution < 1.29 is 27.1 Å². The van der Waals surface area contributed by atoms with Crippen LogP contribution in [0.1, 0.15) is 31.7 Å². The lowest BCUT2D eigenvalue weighted by Crippen LogP contribution is -2.53. The number of nitrogens with zero attached hydrogens (tertiary/aromatic N) is 1. The summed E-state index contributed by atoms with van der Waals surface area (Å²) in [6, 6.07) is 3.45. The summed E-state index contributed by atoms with van der Waals surface area (Å²) in [5, 5.41) is 4.91. The molecular formula is C18H26FN3O5S. The Labute approximate surface area is 164 Å². The van der Waals surface area contributed by atoms with Crippen LogP contribution in [0.5, 0.6) is 0 Å². The average Bonchev–Trinajstić information content (AvgIpc) is 2.66. The third kappa shape index (κ3) is 5.49. The highest BCUT2D eigenvalue weighted by molar-refractivity contribution is 7.89. The van der Waals surface area contributed by atoms with Crippen LogP contribution in [-0.4, -0.2) is 57.0 Å². The highest BCUT2D eigenvalue weighted by atomic mass is 32.2. The lowest BCUT2D eigenvalue weighted by atomic mass is 10.2. The number of hydrogen-bond acceptors (Lipinski definition) is 5. The van der Waals surface area contributed by atoms with E-state index in [9.17, 15) is 22.4 Å². The number of ether oxygens (including phenoxy) is 1. The Balaban J connectivity index is 2.07. The van der Waals surface area contributed by atoms with Gasteiger partial charge in [-0.3, -0.25) is 9.59 Å². The molecule has 1 aliphatic rings. The highest BCUT2D eigenvalue weighted by Crippen LogP contribution is 2.25. The molecule has 0 bridgehead atoms. The first-order valence-corrected chi connectivity index (χ1v) is 10.7. The zero-order valence-corrected chi connectivity index (χ0v) is 16.9. The molecule has 0 saturated carbocycles. The van der Waals surface area contributed by atoms with E-state index in [0.29, 0.717) is 19.6 Å². The quantitative estimate of drug-likeness (QED) is 0.509. The molecule has 8 nitrogen and oxygen atoms in total. The number of carbonyl (C=O) groups is 2. The van der Waals surface area contributed by atoms with E-state index in [0.717, 1.165) is 29.3 Å². The molecule has 0 radical (unpaired) electrons. The molecule has 1 heterocycles. The summed E-state index contributed by atoms with van der Waals surface area (Å²) in [4.78, 5) is 23.6. The molecule has 0 aliphatic carbocycles. The second-order valence-electron chi connectivity index (χ2n) is 6.52. The van der Waals surface area contributed by atoms with E-state index in [1.165, 1.54) is 13.0 Å². The summed E-state index contributed by atoms with van der Waals surface area (Å²) < 4.78 is 46.0. The van der Waals surface area contributed by atoms with E-state index in [1.54, 1.807) is 0 Å². The molecule has 0 unspecified atom stereocenters. The van der Waals surface area contributed by atoms with Crippen LogP contribution in [-0.2, 0) is 24.3 Å². The molecule has 1 aromatic carbocycles. The number of rotatable bonds is 7. The first-order chi connectivity index (χ1) is 13.3. The lowest BCUT2D eigenvalue weighted by Gasteiger charge is -2.34. The fourth-order valence-corrected chi connectivity index (χ4v) is 4.62. The standard InChI is InChI=1S/C18H26FN3O5S/c1-3-4-8-20-17(23)18(24)21-12-16-22(9-5-10-27-16)28(25,26)15-7-6-14(19)11-13(15)2/h6-7,11,16H,3-5,8-10,12H2,1-2H3,(H,20,23)(H,21,24)/t16-/m1/s1. The Kier molecular flexibility index (Phi) is 7.90. The number of aryl methyl sites for hydroxylation is 1. The van der Waals surface area contributed by atoms with Crippen LogP contribution >= 0.6 is 0 Å². The van der Waals surface area contributed by atoms with Crippen molar-refractivity contribution in [3.63, 3.8) is 0 Å². The van der Waals surface area contributed by atoms with Gasteiger partial charge in [0, 0.05) is 13.1 Å². The SMILES string of the molecule is CCCCNC(=O)C(=O)NC[C@H]1OCCCN1S(=O)(=O)c1ccc(F)cc1C. The van der Waals surface area contributed by atoms with Gasteiger partial charge in [0.25, 0.3) is 0 Å². The first kappa shape index (κ1) is 22.3. The molecule has 28 heavy (non-hydrogen) atoms. The van der Waals surface area contributed by atoms with Crippen molar-refractivity contribution in [2.45, 2.75) is 44.2 Å². The van der Waals surface area contributed by atoms with Gasteiger partial charge in [-0.15, -0.1) is 0 Å². The maximum absolute atomic E-state index is 13.3. The van der Waals surface area contributed by atoms with Crippen LogP contribution < -0.4 is 10.6 Å². The van der Waals surface area contributed by atoms with Gasteiger partial charge < -0.3 is 15.4 Å². The van der Waals surface area contributed by atoms with E-state index in [-0.39, 0.29) is 23.5 Å². The van der Waals surface area contributed by atoms with Crippen LogP contribution in [0.2, 0.25) is 0 Å². The van der Waals surface area contributed by atoms with Crippen molar-refractivity contribution in [1.82, 2.24) is 14.9 Å². The number of unbranched alkanes of at least 4 members (excludes halogenated alkanes) is 1. The Morgan fingerprint density at radius 3 is 2.68 bits per heavy atom. The van der Waals surface area contributed by atoms with Crippen molar-refractivity contribution >= 4 is 21.8 Å². The minimum absolute atomic E-state index is 0.0203. The zero-order chi connectivity index (χ0) is 20.7. The third-order valence-corrected chi connectivity index (χ3v) is 6.39. The Bertz CT molecular complexity index is 815. The topological polar surface area (TPSA) is 105 Å². The van der Waals surface area contributed by atoms with Crippen molar-refractivity contribution in [2.24, 2.45) is 0 Å². The van der Waals surface area contributed by atoms with E-state index in [2.05, 4.69) is 10.6 Å². The monoisotopic (exact) mass is 415 g/mol. The minimum Gasteiger partial charge on any atom is -0.360 e. The molecule has 0 aromatic heterocycles. The molecule has 2 amide bonds. The van der Waals surface area contributed by atoms with E-state index < -0.39 is 33.9 Å². The molecule has 10 heteroatoms. The third-order valence-electron chi connectivity index (χ3n) is 4.34. The number of hydrogen-bond donors (Lipinski definition) is 2. The fraction of sp³-hybridized carbons (Fsp3) is 0.556. The van der Waals surface area contributed by atoms with Crippen molar-refractivity contribution in [2.75, 3.05) is 26.2 Å². The molecular weight excluding hydrogens is 389 g/mol. The number of benzene rings is 1. The molecule has 1 aromatic rings. The van der Waals surface area contributed by atoms with Gasteiger partial charge in [0.2, 0.25) is 10.0 Å². The molecule has 156 valence electrons. The Hall–Kier alpha value is -2.04. The minimum atomic E-state index is -3.95. The predicted octanol–water partition coefficient (Wildman–Crippen LogP) is 0.904. The Morgan fingerprint density at radius 2 is 2.00 bits per heavy atom. The Morgan fingerprint density at radius 1 is 1.29 bits per heavy atom. The highest BCUT2D eigenvalue weighted by Gasteiger charge is 2.35. The van der Waals surface area contributed by atoms with Crippen molar-refractivity contribution in [3.05, 3.63) is 29.6 Å². The molecule has 0 spiro atoms. The van der Waals surface area contributed by atoms with Gasteiger partial charge in [-0.2, -0.15) is 4.31 Å². The molecule has 1 fully saturated rings. The predicted molar refractivity (Wildman–Crippen MR) is 100 cm³/mol. The molecule has 2 N–H and O–H groups in total. The van der Waals surface area contributed by atoms with Crippen LogP contribution in [0.25, 0.3) is 0 Å². The van der Waals surface area contributed by atoms with Crippen LogP contribution in [0.15, 0.2) is 23.1 Å². The van der Waals surface area contributed by atoms with E-state index in [1.807, 2.05) is 6.92 Å². The van der Waals surface area contributed by atoms with Crippen LogP contribution in [0.4, 0.5) is 4.39 Å². The number of carbonyl (C=O) groups excluding carboxylic acids is 2. The lowest BCUT2D eigenvalue weighted by molar-refractivity contribution is -0.140. The van der Waals surface area contributed by atoms with Gasteiger partial charge in [-0.1, -0.05) is 13.3 Å². The zero-order valence-electron chi connectivity index (χ0n) is 16.0. The normalized spacial score (nSPS) is 17.9. The summed E-state index contributed by atoms with van der Waals surface area (Å²) in [6.07, 6.45) is 1.18. The molecule has 1 atom stereocenters. The first-order valence-electron chi connectivity index (χ1n) is 9.23. The summed E-state index contributed by atoms with van der Waals surface area (Å²) in [7, 11) is -3.95.